The number of nitrogens with one attached hydrogen (secondary N) is 1. The largest absolute Gasteiger partial charge is 0.389 e. The van der Waals surface area contributed by atoms with Crippen molar-refractivity contribution in [3.05, 3.63) is 29.8 Å². The van der Waals surface area contributed by atoms with Crippen molar-refractivity contribution in [3.63, 3.8) is 0 Å². The molecule has 130 valence electrons. The molecule has 24 heavy (non-hydrogen) atoms. The van der Waals surface area contributed by atoms with E-state index in [0.29, 0.717) is 18.5 Å². The second-order valence-electron chi connectivity index (χ2n) is 7.58. The number of fused-ring (bicyclic) bond motifs is 1. The van der Waals surface area contributed by atoms with Gasteiger partial charge in [0.25, 0.3) is 0 Å². The van der Waals surface area contributed by atoms with Crippen LogP contribution in [0.4, 0.5) is 0 Å². The Morgan fingerprint density at radius 2 is 1.92 bits per heavy atom. The van der Waals surface area contributed by atoms with Crippen LogP contribution in [0.5, 0.6) is 0 Å². The summed E-state index contributed by atoms with van der Waals surface area (Å²) in [5.74, 6) is -0.528. The monoisotopic (exact) mass is 349 g/mol. The summed E-state index contributed by atoms with van der Waals surface area (Å²) in [4.78, 5) is 13.0. The van der Waals surface area contributed by atoms with Gasteiger partial charge in [-0.1, -0.05) is 18.2 Å². The van der Waals surface area contributed by atoms with Gasteiger partial charge in [0.05, 0.1) is 22.2 Å². The third kappa shape index (κ3) is 2.39. The highest BCUT2D eigenvalue weighted by molar-refractivity contribution is 7.91. The molecular formula is C18H23NO4S. The third-order valence-corrected chi connectivity index (χ3v) is 8.06. The molecule has 1 heterocycles. The van der Waals surface area contributed by atoms with E-state index in [0.717, 1.165) is 32.1 Å². The average molecular weight is 349 g/mol. The Bertz CT molecular complexity index is 778. The molecule has 6 heteroatoms. The molecule has 5 nitrogen and oxygen atoms in total. The van der Waals surface area contributed by atoms with Gasteiger partial charge in [-0.15, -0.1) is 0 Å². The van der Waals surface area contributed by atoms with Gasteiger partial charge in [0.15, 0.2) is 9.84 Å². The Kier molecular flexibility index (Phi) is 3.55. The molecule has 0 saturated heterocycles. The Balaban J connectivity index is 1.50. The number of hydrogen-bond acceptors (Lipinski definition) is 4. The van der Waals surface area contributed by atoms with E-state index in [1.54, 1.807) is 24.3 Å². The van der Waals surface area contributed by atoms with Crippen molar-refractivity contribution in [2.75, 3.05) is 12.3 Å². The summed E-state index contributed by atoms with van der Waals surface area (Å²) in [7, 11) is -3.28. The van der Waals surface area contributed by atoms with Crippen molar-refractivity contribution >= 4 is 15.7 Å². The van der Waals surface area contributed by atoms with Crippen LogP contribution in [0, 0.1) is 5.41 Å². The van der Waals surface area contributed by atoms with Crippen LogP contribution in [0.2, 0.25) is 0 Å². The summed E-state index contributed by atoms with van der Waals surface area (Å²) in [6.45, 7) is 0.494. The second kappa shape index (κ2) is 5.30. The van der Waals surface area contributed by atoms with E-state index in [2.05, 4.69) is 5.32 Å². The van der Waals surface area contributed by atoms with Gasteiger partial charge in [0.1, 0.15) is 0 Å². The molecule has 1 unspecified atom stereocenters. The lowest BCUT2D eigenvalue weighted by Gasteiger charge is -2.44. The Labute approximate surface area is 142 Å². The highest BCUT2D eigenvalue weighted by Crippen LogP contribution is 2.60. The van der Waals surface area contributed by atoms with Crippen LogP contribution in [-0.4, -0.2) is 37.3 Å². The van der Waals surface area contributed by atoms with Gasteiger partial charge in [0.2, 0.25) is 5.91 Å². The minimum atomic E-state index is -3.28. The van der Waals surface area contributed by atoms with Gasteiger partial charge >= 0.3 is 0 Å². The lowest BCUT2D eigenvalue weighted by molar-refractivity contribution is -0.125. The molecule has 2 aliphatic carbocycles. The van der Waals surface area contributed by atoms with Crippen LogP contribution in [0.1, 0.15) is 50.0 Å². The van der Waals surface area contributed by atoms with Gasteiger partial charge in [-0.3, -0.25) is 4.79 Å². The minimum absolute atomic E-state index is 0.0111. The van der Waals surface area contributed by atoms with E-state index in [-0.39, 0.29) is 22.0 Å². The zero-order valence-corrected chi connectivity index (χ0v) is 14.4. The number of aliphatic hydroxyl groups is 1. The molecule has 0 radical (unpaired) electrons. The summed E-state index contributed by atoms with van der Waals surface area (Å²) in [5.41, 5.74) is -0.150. The Hall–Kier alpha value is -1.40. The zero-order chi connectivity index (χ0) is 17.0. The van der Waals surface area contributed by atoms with Gasteiger partial charge in [-0.25, -0.2) is 8.42 Å². The van der Waals surface area contributed by atoms with Crippen molar-refractivity contribution < 1.29 is 18.3 Å². The van der Waals surface area contributed by atoms with E-state index in [1.807, 2.05) is 0 Å². The fourth-order valence-corrected chi connectivity index (χ4v) is 5.86. The highest BCUT2D eigenvalue weighted by atomic mass is 32.2. The fourth-order valence-electron chi connectivity index (χ4n) is 4.24. The maximum Gasteiger partial charge on any atom is 0.227 e. The summed E-state index contributed by atoms with van der Waals surface area (Å²) in [6, 6.07) is 6.80. The number of hydrogen-bond donors (Lipinski definition) is 2. The Morgan fingerprint density at radius 3 is 2.54 bits per heavy atom. The molecule has 2 fully saturated rings. The predicted molar refractivity (Wildman–Crippen MR) is 89.3 cm³/mol. The van der Waals surface area contributed by atoms with E-state index >= 15 is 0 Å². The predicted octanol–water partition coefficient (Wildman–Crippen LogP) is 1.76. The molecule has 0 bridgehead atoms. The van der Waals surface area contributed by atoms with Crippen LogP contribution >= 0.6 is 0 Å². The van der Waals surface area contributed by atoms with Crippen molar-refractivity contribution in [3.8, 4) is 0 Å². The van der Waals surface area contributed by atoms with Crippen LogP contribution in [-0.2, 0) is 14.6 Å². The van der Waals surface area contributed by atoms with Crippen molar-refractivity contribution in [1.29, 1.82) is 0 Å². The number of benzene rings is 1. The number of rotatable bonds is 4. The van der Waals surface area contributed by atoms with Gasteiger partial charge in [-0.2, -0.15) is 0 Å². The molecule has 2 saturated carbocycles. The quantitative estimate of drug-likeness (QED) is 0.868. The smallest absolute Gasteiger partial charge is 0.227 e. The molecular weight excluding hydrogens is 326 g/mol. The first kappa shape index (κ1) is 16.1. The second-order valence-corrected chi connectivity index (χ2v) is 9.66. The number of carbonyl (C=O) groups is 1. The fraction of sp³-hybridized carbons (Fsp3) is 0.611. The van der Waals surface area contributed by atoms with E-state index in [4.69, 9.17) is 0 Å². The molecule has 1 amide bonds. The first-order chi connectivity index (χ1) is 11.4. The number of sulfone groups is 1. The summed E-state index contributed by atoms with van der Waals surface area (Å²) < 4.78 is 24.4. The van der Waals surface area contributed by atoms with Gasteiger partial charge < -0.3 is 10.4 Å². The first-order valence-corrected chi connectivity index (χ1v) is 10.3. The van der Waals surface area contributed by atoms with Gasteiger partial charge in [-0.05, 0) is 50.2 Å². The minimum Gasteiger partial charge on any atom is -0.389 e. The van der Waals surface area contributed by atoms with Crippen molar-refractivity contribution in [2.45, 2.75) is 54.9 Å². The zero-order valence-electron chi connectivity index (χ0n) is 13.6. The van der Waals surface area contributed by atoms with Crippen molar-refractivity contribution in [2.24, 2.45) is 5.41 Å². The summed E-state index contributed by atoms with van der Waals surface area (Å²) in [6.07, 6.45) is 4.95. The summed E-state index contributed by atoms with van der Waals surface area (Å²) in [5, 5.41) is 13.6. The van der Waals surface area contributed by atoms with Crippen molar-refractivity contribution in [1.82, 2.24) is 5.32 Å². The van der Waals surface area contributed by atoms with Crippen LogP contribution in [0.3, 0.4) is 0 Å². The molecule has 4 rings (SSSR count). The van der Waals surface area contributed by atoms with Crippen LogP contribution in [0.15, 0.2) is 29.2 Å². The molecule has 0 aromatic heterocycles. The highest BCUT2D eigenvalue weighted by Gasteiger charge is 2.60. The maximum atomic E-state index is 12.7. The van der Waals surface area contributed by atoms with Crippen LogP contribution < -0.4 is 5.32 Å². The van der Waals surface area contributed by atoms with E-state index in [1.165, 1.54) is 0 Å². The lowest BCUT2D eigenvalue weighted by atomic mass is 9.68. The molecule has 1 atom stereocenters. The topological polar surface area (TPSA) is 83.5 Å². The Morgan fingerprint density at radius 1 is 1.21 bits per heavy atom. The molecule has 0 spiro atoms. The molecule has 1 aromatic carbocycles. The standard InChI is InChI=1S/C18H23NO4S/c20-16(19-12-17(9-10-17)18(21)7-3-8-18)14-6-11-24(22,23)15-5-2-1-4-13(14)15/h1-2,4-5,14,21H,3,6-12H2,(H,19,20). The maximum absolute atomic E-state index is 12.7. The first-order valence-electron chi connectivity index (χ1n) is 8.69. The molecule has 2 N–H and O–H groups in total. The molecule has 1 aliphatic heterocycles. The van der Waals surface area contributed by atoms with E-state index in [9.17, 15) is 18.3 Å². The third-order valence-electron chi connectivity index (χ3n) is 6.24. The normalized spacial score (nSPS) is 28.3. The average Bonchev–Trinajstić information content (AvgIpc) is 3.32. The molecule has 1 aromatic rings. The number of amides is 1. The SMILES string of the molecule is O=C(NCC1(C2(O)CCC2)CC1)C1CCS(=O)(=O)c2ccccc21. The summed E-state index contributed by atoms with van der Waals surface area (Å²) >= 11 is 0. The molecule has 3 aliphatic rings. The van der Waals surface area contributed by atoms with E-state index < -0.39 is 21.4 Å². The lowest BCUT2D eigenvalue weighted by Crippen LogP contribution is -2.51. The van der Waals surface area contributed by atoms with Crippen LogP contribution in [0.25, 0.3) is 0 Å². The van der Waals surface area contributed by atoms with Gasteiger partial charge in [0, 0.05) is 12.0 Å². The number of carbonyl (C=O) groups excluding carboxylic acids is 1.